The number of piperidine rings is 1. The maximum absolute atomic E-state index is 11.9. The number of rotatable bonds is 4. The highest BCUT2D eigenvalue weighted by molar-refractivity contribution is 6.30. The molecule has 1 saturated heterocycles. The molecule has 1 fully saturated rings. The Morgan fingerprint density at radius 1 is 1.42 bits per heavy atom. The maximum atomic E-state index is 11.9. The van der Waals surface area contributed by atoms with Crippen LogP contribution in [0.5, 0.6) is 0 Å². The zero-order valence-corrected chi connectivity index (χ0v) is 12.2. The molecule has 19 heavy (non-hydrogen) atoms. The molecule has 1 aromatic rings. The van der Waals surface area contributed by atoms with Gasteiger partial charge in [0, 0.05) is 16.6 Å². The molecule has 2 rings (SSSR count). The lowest BCUT2D eigenvalue weighted by molar-refractivity contribution is -0.907. The Hall–Kier alpha value is -1.06. The normalized spacial score (nSPS) is 23.1. The summed E-state index contributed by atoms with van der Waals surface area (Å²) in [5.41, 5.74) is 0.816. The number of halogens is 1. The average Bonchev–Trinajstić information content (AvgIpc) is 2.39. The zero-order chi connectivity index (χ0) is 13.7. The van der Waals surface area contributed by atoms with Crippen LogP contribution in [0.2, 0.25) is 5.02 Å². The Labute approximate surface area is 119 Å². The Kier molecular flexibility index (Phi) is 5.23. The number of hydrogen-bond acceptors (Lipinski definition) is 1. The number of carbonyl (C=O) groups is 1. The molecule has 3 nitrogen and oxygen atoms in total. The van der Waals surface area contributed by atoms with E-state index in [2.05, 4.69) is 12.2 Å². The summed E-state index contributed by atoms with van der Waals surface area (Å²) in [6, 6.07) is 7.23. The summed E-state index contributed by atoms with van der Waals surface area (Å²) >= 11 is 5.81. The molecule has 1 amide bonds. The fourth-order valence-electron chi connectivity index (χ4n) is 2.67. The van der Waals surface area contributed by atoms with E-state index in [0.29, 0.717) is 11.4 Å². The van der Waals surface area contributed by atoms with Crippen molar-refractivity contribution in [3.05, 3.63) is 29.3 Å². The second-order valence-electron chi connectivity index (χ2n) is 5.51. The molecular formula is C15H22ClN2O+. The smallest absolute Gasteiger partial charge is 0.230 e. The molecule has 0 aromatic heterocycles. The molecule has 1 aromatic carbocycles. The molecule has 1 heterocycles. The predicted molar refractivity (Wildman–Crippen MR) is 78.7 cm³/mol. The second-order valence-corrected chi connectivity index (χ2v) is 5.94. The van der Waals surface area contributed by atoms with E-state index in [9.17, 15) is 4.79 Å². The van der Waals surface area contributed by atoms with Crippen LogP contribution >= 0.6 is 11.6 Å². The Morgan fingerprint density at radius 2 is 2.16 bits per heavy atom. The van der Waals surface area contributed by atoms with E-state index in [0.717, 1.165) is 18.2 Å². The van der Waals surface area contributed by atoms with Crippen LogP contribution in [-0.4, -0.2) is 25.5 Å². The van der Waals surface area contributed by atoms with Gasteiger partial charge in [0.15, 0.2) is 0 Å². The molecule has 0 spiro atoms. The number of carbonyl (C=O) groups excluding carboxylic acids is 1. The van der Waals surface area contributed by atoms with Crippen LogP contribution in [0, 0.1) is 5.92 Å². The first-order chi connectivity index (χ1) is 9.13. The van der Waals surface area contributed by atoms with Gasteiger partial charge < -0.3 is 10.2 Å². The van der Waals surface area contributed by atoms with Crippen molar-refractivity contribution in [2.45, 2.75) is 26.2 Å². The fourth-order valence-corrected chi connectivity index (χ4v) is 2.80. The van der Waals surface area contributed by atoms with Crippen molar-refractivity contribution >= 4 is 23.2 Å². The van der Waals surface area contributed by atoms with Gasteiger partial charge in [-0.15, -0.1) is 0 Å². The lowest BCUT2D eigenvalue weighted by Crippen LogP contribution is -3.13. The minimum Gasteiger partial charge on any atom is -0.334 e. The average molecular weight is 282 g/mol. The topological polar surface area (TPSA) is 33.5 Å². The van der Waals surface area contributed by atoms with Gasteiger partial charge >= 0.3 is 0 Å². The van der Waals surface area contributed by atoms with Crippen molar-refractivity contribution in [3.63, 3.8) is 0 Å². The minimum absolute atomic E-state index is 0.0908. The van der Waals surface area contributed by atoms with Gasteiger partial charge in [-0.1, -0.05) is 18.5 Å². The zero-order valence-electron chi connectivity index (χ0n) is 11.4. The number of likely N-dealkylation sites (tertiary alicyclic amines) is 1. The molecule has 4 heteroatoms. The maximum Gasteiger partial charge on any atom is 0.230 e. The van der Waals surface area contributed by atoms with E-state index in [4.69, 9.17) is 11.6 Å². The van der Waals surface area contributed by atoms with Gasteiger partial charge in [0.2, 0.25) is 5.91 Å². The third-order valence-electron chi connectivity index (χ3n) is 3.70. The highest BCUT2D eigenvalue weighted by atomic mass is 35.5. The van der Waals surface area contributed by atoms with Gasteiger partial charge in [-0.3, -0.25) is 4.79 Å². The van der Waals surface area contributed by atoms with Crippen molar-refractivity contribution < 1.29 is 9.69 Å². The van der Waals surface area contributed by atoms with Gasteiger partial charge in [-0.25, -0.2) is 0 Å². The van der Waals surface area contributed by atoms with Gasteiger partial charge in [-0.2, -0.15) is 0 Å². The number of amides is 1. The standard InChI is InChI=1S/C15H21ClN2O/c1-12-3-2-9-18(11-12)10-8-15(19)17-14-6-4-13(16)5-7-14/h4-7,12H,2-3,8-11H2,1H3,(H,17,19)/p+1/t12-/m0/s1. The molecule has 1 aliphatic heterocycles. The third kappa shape index (κ3) is 4.84. The fraction of sp³-hybridized carbons (Fsp3) is 0.533. The second kappa shape index (κ2) is 6.92. The van der Waals surface area contributed by atoms with Gasteiger partial charge in [-0.05, 0) is 37.1 Å². The third-order valence-corrected chi connectivity index (χ3v) is 3.95. The first kappa shape index (κ1) is 14.4. The molecule has 104 valence electrons. The number of anilines is 1. The molecular weight excluding hydrogens is 260 g/mol. The molecule has 2 N–H and O–H groups in total. The van der Waals surface area contributed by atoms with E-state index in [-0.39, 0.29) is 5.91 Å². The van der Waals surface area contributed by atoms with Crippen molar-refractivity contribution in [3.8, 4) is 0 Å². The number of benzene rings is 1. The summed E-state index contributed by atoms with van der Waals surface area (Å²) in [4.78, 5) is 13.4. The number of hydrogen-bond donors (Lipinski definition) is 2. The summed E-state index contributed by atoms with van der Waals surface area (Å²) in [5, 5.41) is 3.59. The predicted octanol–water partition coefficient (Wildman–Crippen LogP) is 1.98. The SMILES string of the molecule is C[C@H]1CCC[NH+](CCC(=O)Nc2ccc(Cl)cc2)C1. The Bertz CT molecular complexity index is 419. The number of quaternary nitrogens is 1. The van der Waals surface area contributed by atoms with Crippen LogP contribution in [0.1, 0.15) is 26.2 Å². The quantitative estimate of drug-likeness (QED) is 0.869. The largest absolute Gasteiger partial charge is 0.334 e. The van der Waals surface area contributed by atoms with Crippen molar-refractivity contribution in [1.82, 2.24) is 0 Å². The molecule has 0 saturated carbocycles. The summed E-state index contributed by atoms with van der Waals surface area (Å²) in [5.74, 6) is 0.885. The highest BCUT2D eigenvalue weighted by Crippen LogP contribution is 2.13. The Morgan fingerprint density at radius 3 is 2.84 bits per heavy atom. The van der Waals surface area contributed by atoms with E-state index in [1.807, 2.05) is 12.1 Å². The molecule has 1 unspecified atom stereocenters. The van der Waals surface area contributed by atoms with Crippen molar-refractivity contribution in [2.24, 2.45) is 5.92 Å². The van der Waals surface area contributed by atoms with E-state index in [1.54, 1.807) is 17.0 Å². The number of nitrogens with one attached hydrogen (secondary N) is 2. The summed E-state index contributed by atoms with van der Waals surface area (Å²) in [7, 11) is 0. The molecule has 0 bridgehead atoms. The monoisotopic (exact) mass is 281 g/mol. The van der Waals surface area contributed by atoms with Crippen molar-refractivity contribution in [2.75, 3.05) is 25.0 Å². The molecule has 0 radical (unpaired) electrons. The van der Waals surface area contributed by atoms with Crippen LogP contribution < -0.4 is 10.2 Å². The van der Waals surface area contributed by atoms with Crippen LogP contribution in [0.25, 0.3) is 0 Å². The van der Waals surface area contributed by atoms with Crippen LogP contribution in [0.4, 0.5) is 5.69 Å². The van der Waals surface area contributed by atoms with Gasteiger partial charge in [0.1, 0.15) is 0 Å². The van der Waals surface area contributed by atoms with Crippen LogP contribution in [0.3, 0.4) is 0 Å². The molecule has 2 atom stereocenters. The highest BCUT2D eigenvalue weighted by Gasteiger charge is 2.20. The summed E-state index contributed by atoms with van der Waals surface area (Å²) in [6.07, 6.45) is 3.21. The molecule has 0 aliphatic carbocycles. The first-order valence-corrected chi connectivity index (χ1v) is 7.40. The Balaban J connectivity index is 1.73. The lowest BCUT2D eigenvalue weighted by atomic mass is 10.0. The summed E-state index contributed by atoms with van der Waals surface area (Å²) < 4.78 is 0. The van der Waals surface area contributed by atoms with E-state index in [1.165, 1.54) is 25.9 Å². The van der Waals surface area contributed by atoms with E-state index < -0.39 is 0 Å². The molecule has 1 aliphatic rings. The van der Waals surface area contributed by atoms with Gasteiger partial charge in [0.25, 0.3) is 0 Å². The summed E-state index contributed by atoms with van der Waals surface area (Å²) in [6.45, 7) is 5.64. The first-order valence-electron chi connectivity index (χ1n) is 7.02. The van der Waals surface area contributed by atoms with Crippen LogP contribution in [0.15, 0.2) is 24.3 Å². The van der Waals surface area contributed by atoms with Gasteiger partial charge in [0.05, 0.1) is 26.1 Å². The van der Waals surface area contributed by atoms with Crippen molar-refractivity contribution in [1.29, 1.82) is 0 Å². The lowest BCUT2D eigenvalue weighted by Gasteiger charge is -2.27. The minimum atomic E-state index is 0.0908. The van der Waals surface area contributed by atoms with E-state index >= 15 is 0 Å². The van der Waals surface area contributed by atoms with Crippen LogP contribution in [-0.2, 0) is 4.79 Å².